The molecule has 1 aromatic heterocycles. The number of aliphatic hydroxyl groups excluding tert-OH is 1. The maximum Gasteiger partial charge on any atom is 0.183 e. The van der Waals surface area contributed by atoms with E-state index < -0.39 is 12.4 Å². The van der Waals surface area contributed by atoms with Crippen LogP contribution in [0.5, 0.6) is 0 Å². The molecular formula is C11H20N2O3. The van der Waals surface area contributed by atoms with E-state index in [-0.39, 0.29) is 0 Å². The molecule has 0 amide bonds. The first-order valence-corrected chi connectivity index (χ1v) is 5.39. The normalized spacial score (nSPS) is 13.4. The van der Waals surface area contributed by atoms with Gasteiger partial charge in [0.05, 0.1) is 5.69 Å². The van der Waals surface area contributed by atoms with Crippen molar-refractivity contribution >= 4 is 0 Å². The average molecular weight is 228 g/mol. The monoisotopic (exact) mass is 228 g/mol. The van der Waals surface area contributed by atoms with E-state index in [0.717, 1.165) is 17.9 Å². The van der Waals surface area contributed by atoms with Gasteiger partial charge >= 0.3 is 0 Å². The Morgan fingerprint density at radius 2 is 2.06 bits per heavy atom. The molecular weight excluding hydrogens is 208 g/mol. The molecule has 1 rings (SSSR count). The van der Waals surface area contributed by atoms with Gasteiger partial charge in [-0.25, -0.2) is 0 Å². The van der Waals surface area contributed by atoms with Crippen molar-refractivity contribution in [1.82, 2.24) is 9.78 Å². The van der Waals surface area contributed by atoms with Gasteiger partial charge in [-0.3, -0.25) is 4.68 Å². The van der Waals surface area contributed by atoms with Gasteiger partial charge in [0.2, 0.25) is 0 Å². The zero-order valence-electron chi connectivity index (χ0n) is 10.3. The number of aryl methyl sites for hydroxylation is 2. The van der Waals surface area contributed by atoms with Crippen molar-refractivity contribution in [2.24, 2.45) is 0 Å². The lowest BCUT2D eigenvalue weighted by atomic mass is 10.2. The quantitative estimate of drug-likeness (QED) is 0.729. The van der Waals surface area contributed by atoms with Crippen LogP contribution in [0, 0.1) is 6.92 Å². The molecule has 0 saturated heterocycles. The van der Waals surface area contributed by atoms with Gasteiger partial charge in [0.1, 0.15) is 6.10 Å². The topological polar surface area (TPSA) is 56.5 Å². The molecule has 0 radical (unpaired) electrons. The summed E-state index contributed by atoms with van der Waals surface area (Å²) in [4.78, 5) is 0. The third kappa shape index (κ3) is 3.04. The highest BCUT2D eigenvalue weighted by atomic mass is 16.7. The molecule has 1 heterocycles. The minimum Gasteiger partial charge on any atom is -0.387 e. The van der Waals surface area contributed by atoms with Gasteiger partial charge in [0.25, 0.3) is 0 Å². The first-order chi connectivity index (χ1) is 7.62. The van der Waals surface area contributed by atoms with Crippen molar-refractivity contribution in [1.29, 1.82) is 0 Å². The van der Waals surface area contributed by atoms with Crippen LogP contribution in [0.3, 0.4) is 0 Å². The minimum absolute atomic E-state index is 0.473. The van der Waals surface area contributed by atoms with Crippen LogP contribution < -0.4 is 0 Å². The second-order valence-corrected chi connectivity index (χ2v) is 3.70. The molecule has 16 heavy (non-hydrogen) atoms. The van der Waals surface area contributed by atoms with Gasteiger partial charge in [0.15, 0.2) is 6.29 Å². The van der Waals surface area contributed by atoms with Crippen molar-refractivity contribution in [3.05, 3.63) is 17.5 Å². The first-order valence-electron chi connectivity index (χ1n) is 5.39. The highest BCUT2D eigenvalue weighted by Crippen LogP contribution is 2.10. The predicted molar refractivity (Wildman–Crippen MR) is 60.2 cm³/mol. The number of methoxy groups -OCH3 is 2. The van der Waals surface area contributed by atoms with Crippen LogP contribution in [0.15, 0.2) is 6.07 Å². The highest BCUT2D eigenvalue weighted by molar-refractivity contribution is 5.10. The summed E-state index contributed by atoms with van der Waals surface area (Å²) in [5.41, 5.74) is 1.95. The number of hydrogen-bond donors (Lipinski definition) is 1. The molecule has 0 aromatic carbocycles. The van der Waals surface area contributed by atoms with E-state index >= 15 is 0 Å². The molecule has 5 heteroatoms. The summed E-state index contributed by atoms with van der Waals surface area (Å²) in [5.74, 6) is 0. The molecule has 1 unspecified atom stereocenters. The van der Waals surface area contributed by atoms with E-state index in [1.54, 1.807) is 0 Å². The minimum atomic E-state index is -0.684. The Bertz CT molecular complexity index is 321. The predicted octanol–water partition coefficient (Wildman–Crippen LogP) is 0.734. The third-order valence-electron chi connectivity index (χ3n) is 2.48. The number of rotatable bonds is 6. The smallest absolute Gasteiger partial charge is 0.183 e. The summed E-state index contributed by atoms with van der Waals surface area (Å²) in [6, 6.07) is 1.97. The summed E-state index contributed by atoms with van der Waals surface area (Å²) >= 11 is 0. The van der Waals surface area contributed by atoms with Crippen LogP contribution in [-0.2, 0) is 22.4 Å². The largest absolute Gasteiger partial charge is 0.387 e. The lowest BCUT2D eigenvalue weighted by Gasteiger charge is -2.19. The molecule has 0 saturated carbocycles. The summed E-state index contributed by atoms with van der Waals surface area (Å²) in [7, 11) is 3.03. The molecule has 92 valence electrons. The van der Waals surface area contributed by atoms with Crippen LogP contribution in [0.25, 0.3) is 0 Å². The van der Waals surface area contributed by atoms with Gasteiger partial charge < -0.3 is 14.6 Å². The molecule has 0 fully saturated rings. The fourth-order valence-electron chi connectivity index (χ4n) is 1.76. The molecule has 1 atom stereocenters. The van der Waals surface area contributed by atoms with E-state index in [2.05, 4.69) is 5.10 Å². The maximum absolute atomic E-state index is 9.90. The number of aromatic nitrogens is 2. The second-order valence-electron chi connectivity index (χ2n) is 3.70. The summed E-state index contributed by atoms with van der Waals surface area (Å²) in [6.07, 6.45) is -0.807. The maximum atomic E-state index is 9.90. The Hall–Kier alpha value is -0.910. The highest BCUT2D eigenvalue weighted by Gasteiger charge is 2.20. The van der Waals surface area contributed by atoms with Crippen LogP contribution in [0.2, 0.25) is 0 Å². The third-order valence-corrected chi connectivity index (χ3v) is 2.48. The van der Waals surface area contributed by atoms with Crippen molar-refractivity contribution in [3.63, 3.8) is 0 Å². The molecule has 0 bridgehead atoms. The van der Waals surface area contributed by atoms with Crippen LogP contribution >= 0.6 is 0 Å². The lowest BCUT2D eigenvalue weighted by molar-refractivity contribution is -0.163. The van der Waals surface area contributed by atoms with Crippen molar-refractivity contribution in [3.8, 4) is 0 Å². The standard InChI is InChI=1S/C11H20N2O3/c1-5-13-9(6-8(2)12-13)7-10(14)11(15-3)16-4/h6,10-11,14H,5,7H2,1-4H3. The first kappa shape index (κ1) is 13.2. The second kappa shape index (κ2) is 5.98. The molecule has 5 nitrogen and oxygen atoms in total. The Balaban J connectivity index is 2.71. The SMILES string of the molecule is CCn1nc(C)cc1CC(O)C(OC)OC. The molecule has 0 aliphatic carbocycles. The van der Waals surface area contributed by atoms with Gasteiger partial charge in [-0.2, -0.15) is 5.10 Å². The van der Waals surface area contributed by atoms with Crippen LogP contribution in [-0.4, -0.2) is 41.5 Å². The fraction of sp³-hybridized carbons (Fsp3) is 0.727. The molecule has 1 aromatic rings. The zero-order chi connectivity index (χ0) is 12.1. The number of aliphatic hydroxyl groups is 1. The van der Waals surface area contributed by atoms with Gasteiger partial charge in [-0.15, -0.1) is 0 Å². The molecule has 0 aliphatic rings. The van der Waals surface area contributed by atoms with Gasteiger partial charge in [-0.1, -0.05) is 0 Å². The van der Waals surface area contributed by atoms with E-state index in [1.807, 2.05) is 24.6 Å². The number of hydrogen-bond acceptors (Lipinski definition) is 4. The average Bonchev–Trinajstić information content (AvgIpc) is 2.60. The summed E-state index contributed by atoms with van der Waals surface area (Å²) < 4.78 is 11.9. The van der Waals surface area contributed by atoms with Crippen molar-refractivity contribution < 1.29 is 14.6 Å². The molecule has 1 N–H and O–H groups in total. The van der Waals surface area contributed by atoms with Gasteiger partial charge in [-0.05, 0) is 19.9 Å². The Kier molecular flexibility index (Phi) is 4.92. The molecule has 0 aliphatic heterocycles. The number of nitrogens with zero attached hydrogens (tertiary/aromatic N) is 2. The summed E-state index contributed by atoms with van der Waals surface area (Å²) in [5, 5.41) is 14.2. The zero-order valence-corrected chi connectivity index (χ0v) is 10.3. The Morgan fingerprint density at radius 3 is 2.56 bits per heavy atom. The van der Waals surface area contributed by atoms with E-state index in [1.165, 1.54) is 14.2 Å². The van der Waals surface area contributed by atoms with Crippen molar-refractivity contribution in [2.45, 2.75) is 39.2 Å². The lowest BCUT2D eigenvalue weighted by Crippen LogP contribution is -2.32. The van der Waals surface area contributed by atoms with E-state index in [4.69, 9.17) is 9.47 Å². The Labute approximate surface area is 96.0 Å². The van der Waals surface area contributed by atoms with Gasteiger partial charge in [0, 0.05) is 32.9 Å². The van der Waals surface area contributed by atoms with Crippen molar-refractivity contribution in [2.75, 3.05) is 14.2 Å². The van der Waals surface area contributed by atoms with E-state index in [0.29, 0.717) is 6.42 Å². The Morgan fingerprint density at radius 1 is 1.44 bits per heavy atom. The fourth-order valence-corrected chi connectivity index (χ4v) is 1.76. The van der Waals surface area contributed by atoms with Crippen LogP contribution in [0.1, 0.15) is 18.3 Å². The van der Waals surface area contributed by atoms with E-state index in [9.17, 15) is 5.11 Å². The van der Waals surface area contributed by atoms with Crippen LogP contribution in [0.4, 0.5) is 0 Å². The molecule has 0 spiro atoms. The number of ether oxygens (including phenoxy) is 2. The summed E-state index contributed by atoms with van der Waals surface area (Å²) in [6.45, 7) is 4.75.